The van der Waals surface area contributed by atoms with E-state index in [2.05, 4.69) is 26.2 Å². The van der Waals surface area contributed by atoms with Crippen molar-refractivity contribution in [3.8, 4) is 0 Å². The molecule has 1 saturated carbocycles. The van der Waals surface area contributed by atoms with Crippen LogP contribution in [0.3, 0.4) is 0 Å². The van der Waals surface area contributed by atoms with E-state index in [9.17, 15) is 8.78 Å². The highest BCUT2D eigenvalue weighted by molar-refractivity contribution is 7.96. The molecule has 0 radical (unpaired) electrons. The minimum absolute atomic E-state index is 0.0192. The lowest BCUT2D eigenvalue weighted by atomic mass is 9.58. The molecule has 1 spiro atoms. The Morgan fingerprint density at radius 1 is 1.20 bits per heavy atom. The second-order valence-corrected chi connectivity index (χ2v) is 9.89. The van der Waals surface area contributed by atoms with E-state index in [1.807, 2.05) is 19.2 Å². The first-order chi connectivity index (χ1) is 14.4. The van der Waals surface area contributed by atoms with Gasteiger partial charge in [-0.15, -0.1) is 0 Å². The number of aromatic nitrogens is 3. The molecule has 0 atom stereocenters. The van der Waals surface area contributed by atoms with Gasteiger partial charge in [0.2, 0.25) is 5.95 Å². The molecule has 9 heteroatoms. The number of halogens is 2. The van der Waals surface area contributed by atoms with Gasteiger partial charge in [-0.1, -0.05) is 11.9 Å². The van der Waals surface area contributed by atoms with Crippen molar-refractivity contribution in [3.63, 3.8) is 0 Å². The summed E-state index contributed by atoms with van der Waals surface area (Å²) in [6, 6.07) is 2.32. The van der Waals surface area contributed by atoms with Crippen molar-refractivity contribution in [2.45, 2.75) is 50.5 Å². The van der Waals surface area contributed by atoms with E-state index in [0.29, 0.717) is 31.4 Å². The van der Waals surface area contributed by atoms with E-state index in [-0.39, 0.29) is 12.5 Å². The fourth-order valence-electron chi connectivity index (χ4n) is 5.22. The quantitative estimate of drug-likeness (QED) is 0.713. The summed E-state index contributed by atoms with van der Waals surface area (Å²) in [5, 5.41) is 7.29. The van der Waals surface area contributed by atoms with Gasteiger partial charge in [0.1, 0.15) is 0 Å². The number of aryl methyl sites for hydroxylation is 1. The van der Waals surface area contributed by atoms with E-state index < -0.39 is 11.3 Å². The van der Waals surface area contributed by atoms with Crippen LogP contribution in [0.15, 0.2) is 12.3 Å². The second kappa shape index (κ2) is 7.53. The maximum Gasteiger partial charge on any atom is 0.267 e. The Morgan fingerprint density at radius 3 is 2.63 bits per heavy atom. The van der Waals surface area contributed by atoms with E-state index in [0.717, 1.165) is 48.2 Å². The maximum absolute atomic E-state index is 14.4. The largest absolute Gasteiger partial charge is 0.351 e. The number of piperidine rings is 1. The van der Waals surface area contributed by atoms with Gasteiger partial charge >= 0.3 is 0 Å². The highest BCUT2D eigenvalue weighted by Crippen LogP contribution is 2.60. The van der Waals surface area contributed by atoms with Crippen LogP contribution in [-0.4, -0.2) is 63.7 Å². The van der Waals surface area contributed by atoms with Gasteiger partial charge in [-0.05, 0) is 44.9 Å². The number of nitrogens with one attached hydrogen (secondary N) is 2. The summed E-state index contributed by atoms with van der Waals surface area (Å²) in [5.41, 5.74) is 1.60. The number of anilines is 1. The highest BCUT2D eigenvalue weighted by Gasteiger charge is 2.63. The lowest BCUT2D eigenvalue weighted by Gasteiger charge is -2.47. The SMILES string of the molecule is CSN1CCC(Nc2ncc3cc(C)nc(C4CC5(CNCC5(F)F)C4)c3n2)CC1. The molecule has 2 saturated heterocycles. The molecule has 4 heterocycles. The fraction of sp³-hybridized carbons (Fsp3) is 0.667. The van der Waals surface area contributed by atoms with Crippen LogP contribution in [0, 0.1) is 12.3 Å². The standard InChI is InChI=1S/C21H28F2N6S/c1-13-7-14-10-25-19(27-16-3-5-29(30-2)6-4-16)28-17(14)18(26-13)15-8-20(9-15)11-24-12-21(20,22)23/h7,10,15-16,24H,3-6,8-9,11-12H2,1-2H3,(H,25,27,28). The zero-order chi connectivity index (χ0) is 20.9. The first kappa shape index (κ1) is 20.3. The van der Waals surface area contributed by atoms with Gasteiger partial charge < -0.3 is 10.6 Å². The average molecular weight is 435 g/mol. The van der Waals surface area contributed by atoms with Gasteiger partial charge in [0, 0.05) is 54.3 Å². The molecule has 5 rings (SSSR count). The maximum atomic E-state index is 14.4. The molecule has 6 nitrogen and oxygen atoms in total. The van der Waals surface area contributed by atoms with Crippen LogP contribution in [-0.2, 0) is 0 Å². The molecule has 3 aliphatic rings. The van der Waals surface area contributed by atoms with Crippen molar-refractivity contribution in [1.82, 2.24) is 24.6 Å². The van der Waals surface area contributed by atoms with E-state index >= 15 is 0 Å². The molecule has 2 aromatic heterocycles. The van der Waals surface area contributed by atoms with Crippen molar-refractivity contribution in [2.75, 3.05) is 37.8 Å². The Morgan fingerprint density at radius 2 is 1.97 bits per heavy atom. The van der Waals surface area contributed by atoms with Crippen molar-refractivity contribution < 1.29 is 8.78 Å². The number of alkyl halides is 2. The minimum atomic E-state index is -2.64. The van der Waals surface area contributed by atoms with Crippen molar-refractivity contribution >= 4 is 28.8 Å². The van der Waals surface area contributed by atoms with Crippen LogP contribution in [0.5, 0.6) is 0 Å². The molecule has 2 aromatic rings. The summed E-state index contributed by atoms with van der Waals surface area (Å²) < 4.78 is 31.1. The zero-order valence-electron chi connectivity index (χ0n) is 17.4. The Labute approximate surface area is 179 Å². The van der Waals surface area contributed by atoms with Crippen LogP contribution in [0.25, 0.3) is 10.9 Å². The predicted octanol–water partition coefficient (Wildman–Crippen LogP) is 3.59. The number of rotatable bonds is 4. The first-order valence-corrected chi connectivity index (χ1v) is 11.9. The molecule has 0 bridgehead atoms. The zero-order valence-corrected chi connectivity index (χ0v) is 18.2. The molecule has 2 N–H and O–H groups in total. The summed E-state index contributed by atoms with van der Waals surface area (Å²) in [6.07, 6.45) is 6.96. The second-order valence-electron chi connectivity index (χ2n) is 9.00. The third-order valence-electron chi connectivity index (χ3n) is 7.01. The number of pyridine rings is 1. The van der Waals surface area contributed by atoms with Gasteiger partial charge in [0.15, 0.2) is 0 Å². The third-order valence-corrected chi connectivity index (χ3v) is 7.90. The summed E-state index contributed by atoms with van der Waals surface area (Å²) in [7, 11) is 0. The van der Waals surface area contributed by atoms with Crippen LogP contribution >= 0.6 is 11.9 Å². The van der Waals surface area contributed by atoms with E-state index in [1.54, 1.807) is 11.9 Å². The number of hydrogen-bond donors (Lipinski definition) is 2. The molecule has 0 unspecified atom stereocenters. The number of hydrogen-bond acceptors (Lipinski definition) is 7. The molecule has 0 amide bonds. The van der Waals surface area contributed by atoms with Crippen molar-refractivity contribution in [3.05, 3.63) is 23.7 Å². The highest BCUT2D eigenvalue weighted by atomic mass is 32.2. The van der Waals surface area contributed by atoms with Crippen LogP contribution in [0.4, 0.5) is 14.7 Å². The summed E-state index contributed by atoms with van der Waals surface area (Å²) in [6.45, 7) is 4.20. The van der Waals surface area contributed by atoms with Crippen LogP contribution in [0.1, 0.15) is 43.0 Å². The normalized spacial score (nSPS) is 29.4. The Balaban J connectivity index is 1.38. The first-order valence-electron chi connectivity index (χ1n) is 10.7. The van der Waals surface area contributed by atoms with Crippen molar-refractivity contribution in [2.24, 2.45) is 5.41 Å². The van der Waals surface area contributed by atoms with Gasteiger partial charge in [-0.25, -0.2) is 18.7 Å². The number of fused-ring (bicyclic) bond motifs is 1. The van der Waals surface area contributed by atoms with E-state index in [4.69, 9.17) is 9.97 Å². The van der Waals surface area contributed by atoms with Gasteiger partial charge in [0.05, 0.1) is 17.8 Å². The molecule has 30 heavy (non-hydrogen) atoms. The van der Waals surface area contributed by atoms with Crippen LogP contribution < -0.4 is 10.6 Å². The van der Waals surface area contributed by atoms with Crippen LogP contribution in [0.2, 0.25) is 0 Å². The molecule has 1 aliphatic carbocycles. The monoisotopic (exact) mass is 434 g/mol. The van der Waals surface area contributed by atoms with Gasteiger partial charge in [0.25, 0.3) is 5.92 Å². The molecule has 2 aliphatic heterocycles. The minimum Gasteiger partial charge on any atom is -0.351 e. The lowest BCUT2D eigenvalue weighted by Crippen LogP contribution is -2.49. The number of nitrogens with zero attached hydrogens (tertiary/aromatic N) is 4. The van der Waals surface area contributed by atoms with Gasteiger partial charge in [-0.3, -0.25) is 9.29 Å². The molecule has 162 valence electrons. The fourth-order valence-corrected chi connectivity index (χ4v) is 5.79. The van der Waals surface area contributed by atoms with E-state index in [1.165, 1.54) is 0 Å². The van der Waals surface area contributed by atoms with Gasteiger partial charge in [-0.2, -0.15) is 0 Å². The lowest BCUT2D eigenvalue weighted by molar-refractivity contribution is -0.131. The topological polar surface area (TPSA) is 66.0 Å². The Hall–Kier alpha value is -1.58. The Kier molecular flexibility index (Phi) is 5.10. The summed E-state index contributed by atoms with van der Waals surface area (Å²) in [4.78, 5) is 14.1. The Bertz CT molecular complexity index is 940. The smallest absolute Gasteiger partial charge is 0.267 e. The molecular formula is C21H28F2N6S. The summed E-state index contributed by atoms with van der Waals surface area (Å²) >= 11 is 1.79. The molecular weight excluding hydrogens is 406 g/mol. The third kappa shape index (κ3) is 3.44. The average Bonchev–Trinajstić information content (AvgIpc) is 3.02. The molecule has 0 aromatic carbocycles. The molecule has 3 fully saturated rings. The van der Waals surface area contributed by atoms with Crippen molar-refractivity contribution in [1.29, 1.82) is 0 Å². The predicted molar refractivity (Wildman–Crippen MR) is 116 cm³/mol. The summed E-state index contributed by atoms with van der Waals surface area (Å²) in [5.74, 6) is -2.01.